The van der Waals surface area contributed by atoms with Gasteiger partial charge in [0.2, 0.25) is 0 Å². The van der Waals surface area contributed by atoms with Crippen molar-refractivity contribution in [1.29, 1.82) is 0 Å². The molecule has 1 amide bonds. The molecule has 1 aromatic heterocycles. The SMILES string of the molecule is CCCCCCC=COc1ccc(C(=O)N(C)c2cccc3c2OC(c2nnn[nH]2)CO3)cc1. The number of carbonyl (C=O) groups is 1. The normalized spacial score (nSPS) is 14.8. The number of hydrogen-bond donors (Lipinski definition) is 1. The Balaban J connectivity index is 1.40. The van der Waals surface area contributed by atoms with Crippen LogP contribution >= 0.6 is 0 Å². The number of allylic oxidation sites excluding steroid dienone is 1. The van der Waals surface area contributed by atoms with Crippen molar-refractivity contribution >= 4 is 11.6 Å². The monoisotopic (exact) mass is 463 g/mol. The summed E-state index contributed by atoms with van der Waals surface area (Å²) in [6.45, 7) is 2.47. The number of aromatic nitrogens is 4. The van der Waals surface area contributed by atoms with Crippen molar-refractivity contribution in [3.8, 4) is 17.2 Å². The van der Waals surface area contributed by atoms with Crippen LogP contribution in [0.2, 0.25) is 0 Å². The quantitative estimate of drug-likeness (QED) is 0.339. The second-order valence-electron chi connectivity index (χ2n) is 8.04. The number of unbranched alkanes of at least 4 members (excludes halogenated alkanes) is 4. The van der Waals surface area contributed by atoms with Crippen LogP contribution in [-0.2, 0) is 0 Å². The Bertz CT molecular complexity index is 1100. The third-order valence-electron chi connectivity index (χ3n) is 5.57. The molecule has 1 atom stereocenters. The number of fused-ring (bicyclic) bond motifs is 1. The molecule has 34 heavy (non-hydrogen) atoms. The standard InChI is InChI=1S/C25H29N5O4/c1-3-4-5-6-7-8-16-32-19-14-12-18(13-15-19)25(31)30(2)20-10-9-11-21-23(20)34-22(17-33-21)24-26-28-29-27-24/h8-16,22H,3-7,17H2,1-2H3,(H,26,27,28,29). The van der Waals surface area contributed by atoms with Crippen molar-refractivity contribution in [3.63, 3.8) is 0 Å². The smallest absolute Gasteiger partial charge is 0.258 e. The summed E-state index contributed by atoms with van der Waals surface area (Å²) in [4.78, 5) is 14.7. The van der Waals surface area contributed by atoms with Gasteiger partial charge in [0.25, 0.3) is 5.91 Å². The fourth-order valence-electron chi connectivity index (χ4n) is 3.64. The van der Waals surface area contributed by atoms with E-state index < -0.39 is 6.10 Å². The van der Waals surface area contributed by atoms with Gasteiger partial charge in [-0.15, -0.1) is 5.10 Å². The van der Waals surface area contributed by atoms with Gasteiger partial charge in [-0.25, -0.2) is 5.10 Å². The Morgan fingerprint density at radius 2 is 2.06 bits per heavy atom. The number of nitrogens with zero attached hydrogens (tertiary/aromatic N) is 4. The molecule has 1 N–H and O–H groups in total. The molecule has 4 rings (SSSR count). The molecule has 0 fully saturated rings. The van der Waals surface area contributed by atoms with Gasteiger partial charge in [0.1, 0.15) is 12.4 Å². The number of tetrazole rings is 1. The fourth-order valence-corrected chi connectivity index (χ4v) is 3.64. The molecule has 9 heteroatoms. The van der Waals surface area contributed by atoms with Gasteiger partial charge in [-0.3, -0.25) is 4.79 Å². The lowest BCUT2D eigenvalue weighted by atomic mass is 10.1. The van der Waals surface area contributed by atoms with Gasteiger partial charge >= 0.3 is 0 Å². The number of anilines is 1. The molecule has 1 unspecified atom stereocenters. The number of amides is 1. The van der Waals surface area contributed by atoms with Crippen LogP contribution in [0.3, 0.4) is 0 Å². The minimum atomic E-state index is -0.497. The van der Waals surface area contributed by atoms with E-state index >= 15 is 0 Å². The third kappa shape index (κ3) is 5.54. The largest absolute Gasteiger partial charge is 0.485 e. The fraction of sp³-hybridized carbons (Fsp3) is 0.360. The zero-order chi connectivity index (χ0) is 23.8. The number of H-pyrrole nitrogens is 1. The maximum Gasteiger partial charge on any atom is 0.258 e. The molecule has 1 aliphatic rings. The average molecular weight is 464 g/mol. The highest BCUT2D eigenvalue weighted by Gasteiger charge is 2.29. The summed E-state index contributed by atoms with van der Waals surface area (Å²) in [7, 11) is 1.70. The van der Waals surface area contributed by atoms with E-state index in [4.69, 9.17) is 14.2 Å². The first-order valence-corrected chi connectivity index (χ1v) is 11.5. The summed E-state index contributed by atoms with van der Waals surface area (Å²) in [5, 5.41) is 13.8. The summed E-state index contributed by atoms with van der Waals surface area (Å²) in [6, 6.07) is 12.5. The van der Waals surface area contributed by atoms with Crippen molar-refractivity contribution in [3.05, 3.63) is 66.2 Å². The minimum absolute atomic E-state index is 0.182. The van der Waals surface area contributed by atoms with Crippen LogP contribution < -0.4 is 19.1 Å². The number of ether oxygens (including phenoxy) is 3. The van der Waals surface area contributed by atoms with Crippen LogP contribution in [0, 0.1) is 0 Å². The molecule has 1 aliphatic heterocycles. The molecule has 0 spiro atoms. The highest BCUT2D eigenvalue weighted by Crippen LogP contribution is 2.43. The highest BCUT2D eigenvalue weighted by molar-refractivity contribution is 6.06. The first kappa shape index (κ1) is 23.3. The molecule has 0 saturated carbocycles. The zero-order valence-electron chi connectivity index (χ0n) is 19.4. The van der Waals surface area contributed by atoms with Crippen molar-refractivity contribution in [2.45, 2.75) is 45.1 Å². The number of nitrogens with one attached hydrogen (secondary N) is 1. The summed E-state index contributed by atoms with van der Waals surface area (Å²) in [6.07, 6.45) is 9.16. The lowest BCUT2D eigenvalue weighted by Crippen LogP contribution is -2.29. The third-order valence-corrected chi connectivity index (χ3v) is 5.57. The molecule has 0 aliphatic carbocycles. The van der Waals surface area contributed by atoms with Gasteiger partial charge in [0, 0.05) is 12.6 Å². The van der Waals surface area contributed by atoms with Crippen LogP contribution in [0.1, 0.15) is 61.3 Å². The van der Waals surface area contributed by atoms with E-state index in [1.807, 2.05) is 18.2 Å². The van der Waals surface area contributed by atoms with E-state index in [0.717, 1.165) is 6.42 Å². The predicted molar refractivity (Wildman–Crippen MR) is 127 cm³/mol. The molecular formula is C25H29N5O4. The van der Waals surface area contributed by atoms with Crippen molar-refractivity contribution < 1.29 is 19.0 Å². The first-order chi connectivity index (χ1) is 16.7. The molecule has 3 aromatic rings. The Hall–Kier alpha value is -3.88. The lowest BCUT2D eigenvalue weighted by molar-refractivity contribution is 0.0849. The van der Waals surface area contributed by atoms with Gasteiger partial charge in [-0.2, -0.15) is 0 Å². The summed E-state index contributed by atoms with van der Waals surface area (Å²) in [5.74, 6) is 1.99. The van der Waals surface area contributed by atoms with E-state index in [-0.39, 0.29) is 12.5 Å². The summed E-state index contributed by atoms with van der Waals surface area (Å²) >= 11 is 0. The average Bonchev–Trinajstić information content (AvgIpc) is 3.42. The van der Waals surface area contributed by atoms with Gasteiger partial charge in [-0.05, 0) is 65.7 Å². The maximum absolute atomic E-state index is 13.2. The van der Waals surface area contributed by atoms with E-state index in [0.29, 0.717) is 34.3 Å². The van der Waals surface area contributed by atoms with E-state index in [1.165, 1.54) is 30.6 Å². The number of carbonyl (C=O) groups excluding carboxylic acids is 1. The van der Waals surface area contributed by atoms with Crippen LogP contribution in [0.25, 0.3) is 0 Å². The minimum Gasteiger partial charge on any atom is -0.485 e. The second kappa shape index (κ2) is 11.3. The Kier molecular flexibility index (Phi) is 7.75. The van der Waals surface area contributed by atoms with Crippen molar-refractivity contribution in [2.24, 2.45) is 0 Å². The summed E-state index contributed by atoms with van der Waals surface area (Å²) < 4.78 is 17.6. The predicted octanol–water partition coefficient (Wildman–Crippen LogP) is 4.85. The molecule has 0 radical (unpaired) electrons. The van der Waals surface area contributed by atoms with Crippen molar-refractivity contribution in [2.75, 3.05) is 18.6 Å². The van der Waals surface area contributed by atoms with Crippen molar-refractivity contribution in [1.82, 2.24) is 20.6 Å². The van der Waals surface area contributed by atoms with E-state index in [9.17, 15) is 4.79 Å². The molecule has 9 nitrogen and oxygen atoms in total. The van der Waals surface area contributed by atoms with Crippen LogP contribution in [0.4, 0.5) is 5.69 Å². The topological polar surface area (TPSA) is 102 Å². The molecule has 2 aromatic carbocycles. The number of hydrogen-bond acceptors (Lipinski definition) is 7. The highest BCUT2D eigenvalue weighted by atomic mass is 16.6. The van der Waals surface area contributed by atoms with Gasteiger partial charge in [0.05, 0.1) is 11.9 Å². The number of aromatic amines is 1. The van der Waals surface area contributed by atoms with E-state index in [2.05, 4.69) is 27.5 Å². The van der Waals surface area contributed by atoms with Gasteiger partial charge < -0.3 is 19.1 Å². The van der Waals surface area contributed by atoms with Gasteiger partial charge in [-0.1, -0.05) is 32.3 Å². The Labute approximate surface area is 198 Å². The molecular weight excluding hydrogens is 434 g/mol. The Morgan fingerprint density at radius 3 is 2.82 bits per heavy atom. The lowest BCUT2D eigenvalue weighted by Gasteiger charge is -2.29. The number of rotatable bonds is 10. The maximum atomic E-state index is 13.2. The van der Waals surface area contributed by atoms with E-state index in [1.54, 1.807) is 43.6 Å². The Morgan fingerprint density at radius 1 is 1.21 bits per heavy atom. The number of para-hydroxylation sites is 1. The second-order valence-corrected chi connectivity index (χ2v) is 8.04. The summed E-state index contributed by atoms with van der Waals surface area (Å²) in [5.41, 5.74) is 1.12. The molecule has 0 bridgehead atoms. The zero-order valence-corrected chi connectivity index (χ0v) is 19.4. The van der Waals surface area contributed by atoms with Crippen LogP contribution in [-0.4, -0.2) is 40.2 Å². The molecule has 2 heterocycles. The van der Waals surface area contributed by atoms with Crippen LogP contribution in [0.5, 0.6) is 17.2 Å². The first-order valence-electron chi connectivity index (χ1n) is 11.5. The number of benzene rings is 2. The molecule has 0 saturated heterocycles. The van der Waals surface area contributed by atoms with Gasteiger partial charge in [0.15, 0.2) is 23.4 Å². The van der Waals surface area contributed by atoms with Crippen LogP contribution in [0.15, 0.2) is 54.8 Å². The molecule has 178 valence electrons.